The van der Waals surface area contributed by atoms with Crippen molar-refractivity contribution in [1.82, 2.24) is 10.2 Å². The van der Waals surface area contributed by atoms with E-state index in [2.05, 4.69) is 44.8 Å². The van der Waals surface area contributed by atoms with Crippen LogP contribution in [0.25, 0.3) is 0 Å². The van der Waals surface area contributed by atoms with Gasteiger partial charge in [0.1, 0.15) is 0 Å². The Balaban J connectivity index is 2.36. The number of carbonyl (C=O) groups excluding carboxylic acids is 1. The summed E-state index contributed by atoms with van der Waals surface area (Å²) in [7, 11) is 0. The van der Waals surface area contributed by atoms with Gasteiger partial charge in [-0.1, -0.05) is 34.6 Å². The molecule has 0 aliphatic carbocycles. The maximum Gasteiger partial charge on any atom is 0.221 e. The average molecular weight is 297 g/mol. The van der Waals surface area contributed by atoms with Gasteiger partial charge in [0.2, 0.25) is 5.91 Å². The molecule has 3 N–H and O–H groups in total. The molecule has 21 heavy (non-hydrogen) atoms. The second kappa shape index (κ2) is 8.14. The van der Waals surface area contributed by atoms with E-state index in [0.29, 0.717) is 18.4 Å². The monoisotopic (exact) mass is 297 g/mol. The molecule has 2 unspecified atom stereocenters. The summed E-state index contributed by atoms with van der Waals surface area (Å²) in [4.78, 5) is 14.6. The molecule has 1 heterocycles. The topological polar surface area (TPSA) is 58.4 Å². The van der Waals surface area contributed by atoms with Gasteiger partial charge in [-0.3, -0.25) is 9.69 Å². The number of nitrogens with zero attached hydrogens (tertiary/aromatic N) is 1. The number of nitrogens with one attached hydrogen (secondary N) is 1. The third kappa shape index (κ3) is 7.28. The molecule has 1 saturated heterocycles. The van der Waals surface area contributed by atoms with Crippen molar-refractivity contribution < 1.29 is 4.79 Å². The Morgan fingerprint density at radius 3 is 2.29 bits per heavy atom. The molecule has 1 rings (SSSR count). The third-order valence-corrected chi connectivity index (χ3v) is 4.21. The first-order valence-electron chi connectivity index (χ1n) is 8.45. The maximum absolute atomic E-state index is 12.1. The molecule has 0 bridgehead atoms. The van der Waals surface area contributed by atoms with Crippen LogP contribution in [0.4, 0.5) is 0 Å². The zero-order valence-electron chi connectivity index (χ0n) is 14.6. The summed E-state index contributed by atoms with van der Waals surface area (Å²) in [5, 5.41) is 3.10. The molecule has 0 aromatic carbocycles. The van der Waals surface area contributed by atoms with Gasteiger partial charge in [0.15, 0.2) is 0 Å². The molecule has 1 aliphatic heterocycles. The van der Waals surface area contributed by atoms with Crippen LogP contribution in [0.1, 0.15) is 60.3 Å². The molecule has 4 heteroatoms. The van der Waals surface area contributed by atoms with Gasteiger partial charge < -0.3 is 11.1 Å². The number of carbonyl (C=O) groups is 1. The smallest absolute Gasteiger partial charge is 0.221 e. The molecule has 2 atom stereocenters. The van der Waals surface area contributed by atoms with Crippen molar-refractivity contribution in [3.05, 3.63) is 0 Å². The minimum Gasteiger partial charge on any atom is -0.354 e. The standard InChI is InChI=1S/C17H35N3O/c1-13(2)15(20-8-6-7-9-20)12-19-16(21)10-14(18)11-17(3,4)5/h13-15H,6-12,18H2,1-5H3,(H,19,21). The van der Waals surface area contributed by atoms with Crippen LogP contribution in [0.2, 0.25) is 0 Å². The number of nitrogens with two attached hydrogens (primary N) is 1. The van der Waals surface area contributed by atoms with E-state index in [1.807, 2.05) is 0 Å². The largest absolute Gasteiger partial charge is 0.354 e. The van der Waals surface area contributed by atoms with Gasteiger partial charge in [0.25, 0.3) is 0 Å². The van der Waals surface area contributed by atoms with Crippen LogP contribution in [0.15, 0.2) is 0 Å². The van der Waals surface area contributed by atoms with Gasteiger partial charge in [0, 0.05) is 25.0 Å². The molecule has 4 nitrogen and oxygen atoms in total. The van der Waals surface area contributed by atoms with E-state index in [4.69, 9.17) is 5.73 Å². The number of rotatable bonds is 7. The van der Waals surface area contributed by atoms with Crippen LogP contribution in [0.5, 0.6) is 0 Å². The predicted molar refractivity (Wildman–Crippen MR) is 89.1 cm³/mol. The molecule has 0 radical (unpaired) electrons. The Kier molecular flexibility index (Phi) is 7.14. The van der Waals surface area contributed by atoms with Crippen molar-refractivity contribution in [2.75, 3.05) is 19.6 Å². The van der Waals surface area contributed by atoms with Crippen LogP contribution in [0, 0.1) is 11.3 Å². The lowest BCUT2D eigenvalue weighted by molar-refractivity contribution is -0.121. The van der Waals surface area contributed by atoms with E-state index in [-0.39, 0.29) is 17.4 Å². The van der Waals surface area contributed by atoms with Crippen molar-refractivity contribution in [3.63, 3.8) is 0 Å². The fraction of sp³-hybridized carbons (Fsp3) is 0.941. The second-order valence-electron chi connectivity index (χ2n) is 8.09. The van der Waals surface area contributed by atoms with Crippen LogP contribution < -0.4 is 11.1 Å². The number of hydrogen-bond acceptors (Lipinski definition) is 3. The zero-order chi connectivity index (χ0) is 16.0. The summed E-state index contributed by atoms with van der Waals surface area (Å²) in [6.07, 6.45) is 3.88. The van der Waals surface area contributed by atoms with E-state index in [0.717, 1.165) is 13.0 Å². The summed E-state index contributed by atoms with van der Waals surface area (Å²) in [6, 6.07) is 0.407. The highest BCUT2D eigenvalue weighted by Crippen LogP contribution is 2.21. The lowest BCUT2D eigenvalue weighted by atomic mass is 9.87. The minimum absolute atomic E-state index is 0.0470. The van der Waals surface area contributed by atoms with Gasteiger partial charge in [-0.25, -0.2) is 0 Å². The molecule has 124 valence electrons. The molecular weight excluding hydrogens is 262 g/mol. The summed E-state index contributed by atoms with van der Waals surface area (Å²) in [5.41, 5.74) is 6.25. The van der Waals surface area contributed by atoms with E-state index >= 15 is 0 Å². The van der Waals surface area contributed by atoms with Gasteiger partial charge in [-0.15, -0.1) is 0 Å². The lowest BCUT2D eigenvalue weighted by Crippen LogP contribution is -2.46. The SMILES string of the molecule is CC(C)C(CNC(=O)CC(N)CC(C)(C)C)N1CCCC1. The summed E-state index contributed by atoms with van der Waals surface area (Å²) >= 11 is 0. The van der Waals surface area contributed by atoms with Crippen LogP contribution in [-0.4, -0.2) is 42.5 Å². The van der Waals surface area contributed by atoms with Gasteiger partial charge in [0.05, 0.1) is 0 Å². The molecule has 0 spiro atoms. The van der Waals surface area contributed by atoms with Crippen molar-refractivity contribution in [3.8, 4) is 0 Å². The maximum atomic E-state index is 12.1. The molecular formula is C17H35N3O. The lowest BCUT2D eigenvalue weighted by Gasteiger charge is -2.31. The highest BCUT2D eigenvalue weighted by atomic mass is 16.1. The van der Waals surface area contributed by atoms with Crippen molar-refractivity contribution in [2.24, 2.45) is 17.1 Å². The third-order valence-electron chi connectivity index (χ3n) is 4.21. The van der Waals surface area contributed by atoms with Gasteiger partial charge in [-0.2, -0.15) is 0 Å². The molecule has 1 amide bonds. The zero-order valence-corrected chi connectivity index (χ0v) is 14.6. The van der Waals surface area contributed by atoms with Crippen molar-refractivity contribution >= 4 is 5.91 Å². The number of amides is 1. The fourth-order valence-corrected chi connectivity index (χ4v) is 3.25. The van der Waals surface area contributed by atoms with Gasteiger partial charge in [-0.05, 0) is 43.7 Å². The van der Waals surface area contributed by atoms with E-state index < -0.39 is 0 Å². The Labute approximate surface area is 130 Å². The molecule has 0 aromatic rings. The molecule has 1 fully saturated rings. The first-order valence-corrected chi connectivity index (χ1v) is 8.45. The highest BCUT2D eigenvalue weighted by molar-refractivity contribution is 5.76. The fourth-order valence-electron chi connectivity index (χ4n) is 3.25. The molecule has 0 saturated carbocycles. The number of likely N-dealkylation sites (tertiary alicyclic amines) is 1. The Morgan fingerprint density at radius 2 is 1.81 bits per heavy atom. The Morgan fingerprint density at radius 1 is 1.24 bits per heavy atom. The highest BCUT2D eigenvalue weighted by Gasteiger charge is 2.25. The van der Waals surface area contributed by atoms with E-state index in [1.165, 1.54) is 25.9 Å². The quantitative estimate of drug-likeness (QED) is 0.758. The summed E-state index contributed by atoms with van der Waals surface area (Å²) in [5.74, 6) is 0.656. The van der Waals surface area contributed by atoms with E-state index in [9.17, 15) is 4.79 Å². The molecule has 1 aliphatic rings. The summed E-state index contributed by atoms with van der Waals surface area (Å²) < 4.78 is 0. The first kappa shape index (κ1) is 18.4. The van der Waals surface area contributed by atoms with E-state index in [1.54, 1.807) is 0 Å². The minimum atomic E-state index is -0.0470. The second-order valence-corrected chi connectivity index (χ2v) is 8.09. The van der Waals surface area contributed by atoms with Crippen molar-refractivity contribution in [1.29, 1.82) is 0 Å². The Hall–Kier alpha value is -0.610. The van der Waals surface area contributed by atoms with Crippen LogP contribution >= 0.6 is 0 Å². The van der Waals surface area contributed by atoms with Crippen LogP contribution in [0.3, 0.4) is 0 Å². The predicted octanol–water partition coefficient (Wildman–Crippen LogP) is 2.38. The number of hydrogen-bond donors (Lipinski definition) is 2. The Bertz CT molecular complexity index is 316. The summed E-state index contributed by atoms with van der Waals surface area (Å²) in [6.45, 7) is 14.0. The molecule has 0 aromatic heterocycles. The van der Waals surface area contributed by atoms with Gasteiger partial charge >= 0.3 is 0 Å². The average Bonchev–Trinajstić information content (AvgIpc) is 2.79. The normalized spacial score (nSPS) is 19.8. The van der Waals surface area contributed by atoms with Crippen molar-refractivity contribution in [2.45, 2.75) is 72.4 Å². The first-order chi connectivity index (χ1) is 9.69. The van der Waals surface area contributed by atoms with Crippen LogP contribution in [-0.2, 0) is 4.79 Å².